The van der Waals surface area contributed by atoms with Crippen molar-refractivity contribution >= 4 is 11.6 Å². The van der Waals surface area contributed by atoms with E-state index in [0.717, 1.165) is 35.9 Å². The fraction of sp³-hybridized carbons (Fsp3) is 0.533. The molecule has 0 amide bonds. The molecule has 0 bridgehead atoms. The molecule has 0 saturated heterocycles. The fourth-order valence-electron chi connectivity index (χ4n) is 2.42. The maximum Gasteiger partial charge on any atom is 0.0868 e. The first-order chi connectivity index (χ1) is 8.99. The van der Waals surface area contributed by atoms with E-state index in [9.17, 15) is 0 Å². The molecule has 3 nitrogen and oxygen atoms in total. The quantitative estimate of drug-likeness (QED) is 0.832. The maximum absolute atomic E-state index is 6.46. The smallest absolute Gasteiger partial charge is 0.0868 e. The summed E-state index contributed by atoms with van der Waals surface area (Å²) in [6.45, 7) is 12.3. The van der Waals surface area contributed by atoms with Gasteiger partial charge in [0.25, 0.3) is 0 Å². The van der Waals surface area contributed by atoms with Gasteiger partial charge >= 0.3 is 0 Å². The Hall–Kier alpha value is -1.22. The Balaban J connectivity index is 2.42. The molecule has 4 heteroatoms. The third-order valence-electron chi connectivity index (χ3n) is 3.93. The normalized spacial score (nSPS) is 11.3. The van der Waals surface area contributed by atoms with Crippen LogP contribution in [0.4, 0.5) is 0 Å². The second-order valence-corrected chi connectivity index (χ2v) is 5.41. The van der Waals surface area contributed by atoms with Crippen LogP contribution in [0.25, 0.3) is 0 Å². The molecule has 0 fully saturated rings. The zero-order chi connectivity index (χ0) is 14.2. The Bertz CT molecular complexity index is 593. The van der Waals surface area contributed by atoms with Crippen LogP contribution in [0.15, 0.2) is 6.20 Å². The highest BCUT2D eigenvalue weighted by Gasteiger charge is 2.16. The molecule has 19 heavy (non-hydrogen) atoms. The first-order valence-electron chi connectivity index (χ1n) is 6.86. The average molecular weight is 280 g/mol. The van der Waals surface area contributed by atoms with E-state index in [1.54, 1.807) is 0 Å². The van der Waals surface area contributed by atoms with E-state index in [0.29, 0.717) is 0 Å². The fourth-order valence-corrected chi connectivity index (χ4v) is 2.75. The van der Waals surface area contributed by atoms with Crippen molar-refractivity contribution in [3.63, 3.8) is 0 Å². The topological polar surface area (TPSA) is 22.8 Å². The summed E-state index contributed by atoms with van der Waals surface area (Å²) in [5.41, 5.74) is 6.09. The van der Waals surface area contributed by atoms with Crippen LogP contribution < -0.4 is 0 Å². The molecule has 104 valence electrons. The summed E-state index contributed by atoms with van der Waals surface area (Å²) in [7, 11) is 0. The third-order valence-corrected chi connectivity index (χ3v) is 4.37. The minimum Gasteiger partial charge on any atom is -0.345 e. The molecule has 0 aliphatic heterocycles. The highest BCUT2D eigenvalue weighted by Crippen LogP contribution is 2.24. The Labute approximate surface area is 120 Å². The van der Waals surface area contributed by atoms with E-state index in [1.165, 1.54) is 16.8 Å². The lowest BCUT2D eigenvalue weighted by Crippen LogP contribution is -2.08. The summed E-state index contributed by atoms with van der Waals surface area (Å²) < 4.78 is 4.28. The molecule has 0 radical (unpaired) electrons. The van der Waals surface area contributed by atoms with Crippen LogP contribution in [0.5, 0.6) is 0 Å². The first-order valence-corrected chi connectivity index (χ1v) is 7.24. The lowest BCUT2D eigenvalue weighted by molar-refractivity contribution is 0.592. The van der Waals surface area contributed by atoms with Gasteiger partial charge in [-0.25, -0.2) is 0 Å². The molecule has 2 heterocycles. The Kier molecular flexibility index (Phi) is 4.04. The lowest BCUT2D eigenvalue weighted by Gasteiger charge is -2.09. The molecule has 0 aromatic carbocycles. The second kappa shape index (κ2) is 5.41. The molecule has 0 aliphatic rings. The van der Waals surface area contributed by atoms with Gasteiger partial charge in [0, 0.05) is 18.4 Å². The van der Waals surface area contributed by atoms with E-state index in [-0.39, 0.29) is 0 Å². The van der Waals surface area contributed by atoms with Gasteiger partial charge in [-0.15, -0.1) is 0 Å². The minimum atomic E-state index is 0.792. The Morgan fingerprint density at radius 2 is 1.89 bits per heavy atom. The highest BCUT2D eigenvalue weighted by molar-refractivity contribution is 6.31. The average Bonchev–Trinajstić information content (AvgIpc) is 2.83. The van der Waals surface area contributed by atoms with E-state index < -0.39 is 0 Å². The number of rotatable bonds is 4. The van der Waals surface area contributed by atoms with Crippen LogP contribution in [0.2, 0.25) is 5.02 Å². The summed E-state index contributed by atoms with van der Waals surface area (Å²) in [5.74, 6) is 0. The SMILES string of the molecule is CCc1nn(CC)c(Cn2cc(C)c(C)c2C)c1Cl. The molecule has 0 aliphatic carbocycles. The molecular formula is C15H22ClN3. The van der Waals surface area contributed by atoms with E-state index in [4.69, 9.17) is 11.6 Å². The van der Waals surface area contributed by atoms with Gasteiger partial charge in [0.15, 0.2) is 0 Å². The predicted octanol–water partition coefficient (Wildman–Crippen LogP) is 3.89. The number of hydrogen-bond acceptors (Lipinski definition) is 1. The van der Waals surface area contributed by atoms with Gasteiger partial charge in [0.2, 0.25) is 0 Å². The first kappa shape index (κ1) is 14.2. The van der Waals surface area contributed by atoms with Crippen molar-refractivity contribution in [1.82, 2.24) is 14.3 Å². The number of halogens is 1. The van der Waals surface area contributed by atoms with Crippen LogP contribution in [-0.2, 0) is 19.5 Å². The summed E-state index contributed by atoms with van der Waals surface area (Å²) in [6.07, 6.45) is 3.07. The predicted molar refractivity (Wildman–Crippen MR) is 80.0 cm³/mol. The van der Waals surface area contributed by atoms with Crippen LogP contribution in [0.3, 0.4) is 0 Å². The molecule has 0 spiro atoms. The standard InChI is InChI=1S/C15H22ClN3/c1-6-13-15(16)14(19(7-2)17-13)9-18-8-10(3)11(4)12(18)5/h8H,6-7,9H2,1-5H3. The van der Waals surface area contributed by atoms with Crippen molar-refractivity contribution < 1.29 is 0 Å². The van der Waals surface area contributed by atoms with Crippen LogP contribution in [0, 0.1) is 20.8 Å². The van der Waals surface area contributed by atoms with Gasteiger partial charge in [0.05, 0.1) is 23.0 Å². The molecule has 0 unspecified atom stereocenters. The monoisotopic (exact) mass is 279 g/mol. The van der Waals surface area contributed by atoms with E-state index in [2.05, 4.69) is 50.5 Å². The van der Waals surface area contributed by atoms with Crippen molar-refractivity contribution in [3.8, 4) is 0 Å². The lowest BCUT2D eigenvalue weighted by atomic mass is 10.2. The van der Waals surface area contributed by atoms with Crippen molar-refractivity contribution in [1.29, 1.82) is 0 Å². The van der Waals surface area contributed by atoms with Gasteiger partial charge in [0.1, 0.15) is 0 Å². The molecule has 0 atom stereocenters. The molecule has 0 saturated carbocycles. The van der Waals surface area contributed by atoms with Crippen LogP contribution in [-0.4, -0.2) is 14.3 Å². The molecular weight excluding hydrogens is 258 g/mol. The number of nitrogens with zero attached hydrogens (tertiary/aromatic N) is 3. The zero-order valence-corrected chi connectivity index (χ0v) is 13.2. The van der Waals surface area contributed by atoms with Crippen molar-refractivity contribution in [2.24, 2.45) is 0 Å². The van der Waals surface area contributed by atoms with Crippen LogP contribution in [0.1, 0.15) is 42.1 Å². The molecule has 2 rings (SSSR count). The number of hydrogen-bond donors (Lipinski definition) is 0. The highest BCUT2D eigenvalue weighted by atomic mass is 35.5. The van der Waals surface area contributed by atoms with Crippen molar-refractivity contribution in [2.75, 3.05) is 0 Å². The summed E-state index contributed by atoms with van der Waals surface area (Å²) in [5, 5.41) is 5.40. The Morgan fingerprint density at radius 3 is 2.37 bits per heavy atom. The summed E-state index contributed by atoms with van der Waals surface area (Å²) >= 11 is 6.46. The minimum absolute atomic E-state index is 0.792. The summed E-state index contributed by atoms with van der Waals surface area (Å²) in [4.78, 5) is 0. The van der Waals surface area contributed by atoms with Gasteiger partial charge in [-0.2, -0.15) is 5.10 Å². The number of aromatic nitrogens is 3. The molecule has 2 aromatic heterocycles. The van der Waals surface area contributed by atoms with E-state index >= 15 is 0 Å². The van der Waals surface area contributed by atoms with Crippen LogP contribution >= 0.6 is 11.6 Å². The molecule has 2 aromatic rings. The maximum atomic E-state index is 6.46. The second-order valence-electron chi connectivity index (χ2n) is 5.03. The van der Waals surface area contributed by atoms with E-state index in [1.807, 2.05) is 4.68 Å². The van der Waals surface area contributed by atoms with Gasteiger partial charge in [-0.05, 0) is 45.2 Å². The van der Waals surface area contributed by atoms with Crippen molar-refractivity contribution in [2.45, 2.75) is 54.1 Å². The molecule has 0 N–H and O–H groups in total. The van der Waals surface area contributed by atoms with Gasteiger partial charge in [-0.3, -0.25) is 4.68 Å². The Morgan fingerprint density at radius 1 is 1.21 bits per heavy atom. The van der Waals surface area contributed by atoms with Gasteiger partial charge in [-0.1, -0.05) is 18.5 Å². The third kappa shape index (κ3) is 2.44. The van der Waals surface area contributed by atoms with Gasteiger partial charge < -0.3 is 4.57 Å². The number of aryl methyl sites for hydroxylation is 3. The largest absolute Gasteiger partial charge is 0.345 e. The van der Waals surface area contributed by atoms with Crippen molar-refractivity contribution in [3.05, 3.63) is 39.4 Å². The zero-order valence-electron chi connectivity index (χ0n) is 12.4. The summed E-state index contributed by atoms with van der Waals surface area (Å²) in [6, 6.07) is 0.